The van der Waals surface area contributed by atoms with Crippen LogP contribution in [0.1, 0.15) is 12.0 Å². The Morgan fingerprint density at radius 3 is 2.27 bits per heavy atom. The van der Waals surface area contributed by atoms with Crippen LogP contribution < -0.4 is 9.64 Å². The second kappa shape index (κ2) is 5.27. The third-order valence-electron chi connectivity index (χ3n) is 3.79. The zero-order chi connectivity index (χ0) is 15.7. The lowest BCUT2D eigenvalue weighted by Crippen LogP contribution is -2.43. The molecule has 0 radical (unpaired) electrons. The number of benzene rings is 2. The minimum absolute atomic E-state index is 0.262. The maximum absolute atomic E-state index is 12.2. The van der Waals surface area contributed by atoms with E-state index in [0.29, 0.717) is 17.0 Å². The lowest BCUT2D eigenvalue weighted by molar-refractivity contribution is -0.133. The number of hydrogen-bond donors (Lipinski definition) is 1. The fourth-order valence-electron chi connectivity index (χ4n) is 2.67. The van der Waals surface area contributed by atoms with Gasteiger partial charge in [-0.25, -0.2) is 0 Å². The van der Waals surface area contributed by atoms with Crippen molar-refractivity contribution in [1.82, 2.24) is 0 Å². The Bertz CT molecular complexity index is 711. The van der Waals surface area contributed by atoms with Gasteiger partial charge in [0, 0.05) is 11.3 Å². The van der Waals surface area contributed by atoms with E-state index in [1.165, 1.54) is 0 Å². The van der Waals surface area contributed by atoms with E-state index in [4.69, 9.17) is 4.74 Å². The van der Waals surface area contributed by atoms with Crippen molar-refractivity contribution in [3.05, 3.63) is 60.2 Å². The minimum Gasteiger partial charge on any atom is -0.497 e. The molecule has 1 fully saturated rings. The highest BCUT2D eigenvalue weighted by Crippen LogP contribution is 2.39. The van der Waals surface area contributed by atoms with E-state index in [1.807, 2.05) is 6.07 Å². The Labute approximate surface area is 127 Å². The molecule has 1 atom stereocenters. The Balaban J connectivity index is 2.08. The van der Waals surface area contributed by atoms with E-state index in [1.54, 1.807) is 55.6 Å². The number of anilines is 1. The molecule has 0 aromatic heterocycles. The van der Waals surface area contributed by atoms with Crippen LogP contribution in [0.5, 0.6) is 5.75 Å². The maximum atomic E-state index is 12.2. The number of aliphatic hydroxyl groups is 1. The smallest absolute Gasteiger partial charge is 0.297 e. The molecular weight excluding hydrogens is 282 g/mol. The molecule has 0 aliphatic carbocycles. The maximum Gasteiger partial charge on any atom is 0.297 e. The summed E-state index contributed by atoms with van der Waals surface area (Å²) in [6, 6.07) is 15.4. The fourth-order valence-corrected chi connectivity index (χ4v) is 2.67. The molecule has 2 aromatic carbocycles. The minimum atomic E-state index is -1.66. The van der Waals surface area contributed by atoms with E-state index in [9.17, 15) is 14.7 Å². The van der Waals surface area contributed by atoms with Gasteiger partial charge in [-0.2, -0.15) is 0 Å². The number of Topliss-reactive ketones (excluding diaryl/α,β-unsaturated/α-hetero) is 1. The first-order chi connectivity index (χ1) is 10.6. The Morgan fingerprint density at radius 2 is 1.68 bits per heavy atom. The van der Waals surface area contributed by atoms with E-state index in [2.05, 4.69) is 0 Å². The molecule has 3 rings (SSSR count). The zero-order valence-electron chi connectivity index (χ0n) is 12.0. The number of carbonyl (C=O) groups excluding carboxylic acids is 2. The fraction of sp³-hybridized carbons (Fsp3) is 0.176. The number of nitrogens with zero attached hydrogens (tertiary/aromatic N) is 1. The summed E-state index contributed by atoms with van der Waals surface area (Å²) < 4.78 is 5.08. The molecule has 5 heteroatoms. The summed E-state index contributed by atoms with van der Waals surface area (Å²) in [4.78, 5) is 25.3. The van der Waals surface area contributed by atoms with Crippen LogP contribution >= 0.6 is 0 Å². The SMILES string of the molecule is COc1ccc(N2C(=O)C(=O)CC2(O)c2ccccc2)cc1. The Hall–Kier alpha value is -2.66. The highest BCUT2D eigenvalue weighted by molar-refractivity contribution is 6.44. The summed E-state index contributed by atoms with van der Waals surface area (Å²) in [6.07, 6.45) is -0.262. The number of ether oxygens (including phenoxy) is 1. The van der Waals surface area contributed by atoms with Gasteiger partial charge in [-0.05, 0) is 24.3 Å². The molecule has 22 heavy (non-hydrogen) atoms. The van der Waals surface area contributed by atoms with Gasteiger partial charge in [0.2, 0.25) is 5.78 Å². The molecule has 0 bridgehead atoms. The van der Waals surface area contributed by atoms with Gasteiger partial charge in [-0.1, -0.05) is 30.3 Å². The van der Waals surface area contributed by atoms with Gasteiger partial charge < -0.3 is 9.84 Å². The van der Waals surface area contributed by atoms with Crippen molar-refractivity contribution in [3.8, 4) is 5.75 Å². The van der Waals surface area contributed by atoms with Crippen LogP contribution in [-0.4, -0.2) is 23.9 Å². The van der Waals surface area contributed by atoms with E-state index in [0.717, 1.165) is 4.90 Å². The van der Waals surface area contributed by atoms with Crippen molar-refractivity contribution < 1.29 is 19.4 Å². The van der Waals surface area contributed by atoms with E-state index in [-0.39, 0.29) is 6.42 Å². The zero-order valence-corrected chi connectivity index (χ0v) is 12.0. The first kappa shape index (κ1) is 14.3. The highest BCUT2D eigenvalue weighted by atomic mass is 16.5. The molecular formula is C17H15NO4. The average molecular weight is 297 g/mol. The summed E-state index contributed by atoms with van der Waals surface area (Å²) >= 11 is 0. The second-order valence-electron chi connectivity index (χ2n) is 5.12. The average Bonchev–Trinajstić information content (AvgIpc) is 2.79. The van der Waals surface area contributed by atoms with Gasteiger partial charge in [0.15, 0.2) is 5.72 Å². The monoisotopic (exact) mass is 297 g/mol. The van der Waals surface area contributed by atoms with Gasteiger partial charge in [0.25, 0.3) is 5.91 Å². The molecule has 2 aromatic rings. The van der Waals surface area contributed by atoms with Crippen molar-refractivity contribution in [2.24, 2.45) is 0 Å². The molecule has 0 saturated carbocycles. The molecule has 0 spiro atoms. The van der Waals surface area contributed by atoms with Crippen molar-refractivity contribution in [2.75, 3.05) is 12.0 Å². The third kappa shape index (κ3) is 2.16. The van der Waals surface area contributed by atoms with Crippen molar-refractivity contribution in [2.45, 2.75) is 12.1 Å². The normalized spacial score (nSPS) is 21.3. The summed E-state index contributed by atoms with van der Waals surface area (Å²) in [5.74, 6) is -0.691. The number of carbonyl (C=O) groups is 2. The molecule has 1 heterocycles. The predicted molar refractivity (Wildman–Crippen MR) is 80.4 cm³/mol. The summed E-state index contributed by atoms with van der Waals surface area (Å²) in [7, 11) is 1.54. The molecule has 112 valence electrons. The predicted octanol–water partition coefficient (Wildman–Crippen LogP) is 1.85. The van der Waals surface area contributed by atoms with Gasteiger partial charge >= 0.3 is 0 Å². The van der Waals surface area contributed by atoms with Crippen LogP contribution in [0, 0.1) is 0 Å². The van der Waals surface area contributed by atoms with E-state index < -0.39 is 17.4 Å². The number of amides is 1. The number of ketones is 1. The number of hydrogen-bond acceptors (Lipinski definition) is 4. The van der Waals surface area contributed by atoms with Crippen LogP contribution in [0.25, 0.3) is 0 Å². The lowest BCUT2D eigenvalue weighted by atomic mass is 9.99. The Kier molecular flexibility index (Phi) is 3.42. The molecule has 1 aliphatic rings. The molecule has 1 aliphatic heterocycles. The van der Waals surface area contributed by atoms with Gasteiger partial charge in [0.05, 0.1) is 13.5 Å². The van der Waals surface area contributed by atoms with Crippen LogP contribution in [0.3, 0.4) is 0 Å². The van der Waals surface area contributed by atoms with Crippen LogP contribution in [0.15, 0.2) is 54.6 Å². The number of rotatable bonds is 3. The Morgan fingerprint density at radius 1 is 1.05 bits per heavy atom. The first-order valence-electron chi connectivity index (χ1n) is 6.85. The molecule has 1 unspecified atom stereocenters. The molecule has 1 saturated heterocycles. The largest absolute Gasteiger partial charge is 0.497 e. The van der Waals surface area contributed by atoms with Gasteiger partial charge in [0.1, 0.15) is 5.75 Å². The van der Waals surface area contributed by atoms with Crippen molar-refractivity contribution in [1.29, 1.82) is 0 Å². The molecule has 1 amide bonds. The quantitative estimate of drug-likeness (QED) is 0.878. The topological polar surface area (TPSA) is 66.8 Å². The van der Waals surface area contributed by atoms with Crippen molar-refractivity contribution >= 4 is 17.4 Å². The number of methoxy groups -OCH3 is 1. The lowest BCUT2D eigenvalue weighted by Gasteiger charge is -2.33. The second-order valence-corrected chi connectivity index (χ2v) is 5.12. The first-order valence-corrected chi connectivity index (χ1v) is 6.85. The van der Waals surface area contributed by atoms with E-state index >= 15 is 0 Å². The van der Waals surface area contributed by atoms with Gasteiger partial charge in [-0.3, -0.25) is 14.5 Å². The summed E-state index contributed by atoms with van der Waals surface area (Å²) in [5, 5.41) is 11.0. The van der Waals surface area contributed by atoms with Gasteiger partial charge in [-0.15, -0.1) is 0 Å². The summed E-state index contributed by atoms with van der Waals surface area (Å²) in [6.45, 7) is 0. The van der Waals surface area contributed by atoms with Crippen LogP contribution in [-0.2, 0) is 15.3 Å². The summed E-state index contributed by atoms with van der Waals surface area (Å²) in [5.41, 5.74) is -0.711. The highest BCUT2D eigenvalue weighted by Gasteiger charge is 2.51. The molecule has 5 nitrogen and oxygen atoms in total. The van der Waals surface area contributed by atoms with Crippen molar-refractivity contribution in [3.63, 3.8) is 0 Å². The standard InChI is InChI=1S/C17H15NO4/c1-22-14-9-7-13(8-10-14)18-16(20)15(19)11-17(18,21)12-5-3-2-4-6-12/h2-10,21H,11H2,1H3. The third-order valence-corrected chi connectivity index (χ3v) is 3.79. The van der Waals surface area contributed by atoms with Crippen LogP contribution in [0.4, 0.5) is 5.69 Å². The van der Waals surface area contributed by atoms with Crippen LogP contribution in [0.2, 0.25) is 0 Å². The molecule has 1 N–H and O–H groups in total.